The lowest BCUT2D eigenvalue weighted by Crippen LogP contribution is -2.37. The Morgan fingerprint density at radius 1 is 1.00 bits per heavy atom. The van der Waals surface area contributed by atoms with Gasteiger partial charge in [-0.1, -0.05) is 30.3 Å². The summed E-state index contributed by atoms with van der Waals surface area (Å²) in [6, 6.07) is 16.1. The maximum absolute atomic E-state index is 13.4. The van der Waals surface area contributed by atoms with Gasteiger partial charge in [-0.15, -0.1) is 0 Å². The molecule has 0 amide bonds. The van der Waals surface area contributed by atoms with Gasteiger partial charge in [-0.05, 0) is 74.7 Å². The predicted octanol–water partition coefficient (Wildman–Crippen LogP) is 6.02. The average molecular weight is 522 g/mol. The number of ether oxygens (including phenoxy) is 1. The molecule has 0 aromatic heterocycles. The molecule has 0 aliphatic rings. The highest BCUT2D eigenvalue weighted by molar-refractivity contribution is 7.92. The molecule has 0 aliphatic carbocycles. The molecule has 0 unspecified atom stereocenters. The molecule has 6 nitrogen and oxygen atoms in total. The van der Waals surface area contributed by atoms with Crippen molar-refractivity contribution in [3.8, 4) is 5.75 Å². The van der Waals surface area contributed by atoms with Crippen LogP contribution in [0.1, 0.15) is 41.8 Å². The zero-order chi connectivity index (χ0) is 26.5. The molecule has 0 heterocycles. The highest BCUT2D eigenvalue weighted by Gasteiger charge is 2.34. The molecule has 0 aliphatic heterocycles. The number of sulfonamides is 1. The zero-order valence-corrected chi connectivity index (χ0v) is 20.5. The molecule has 1 N–H and O–H groups in total. The minimum absolute atomic E-state index is 0.00710. The van der Waals surface area contributed by atoms with Gasteiger partial charge >= 0.3 is 12.1 Å². The summed E-state index contributed by atoms with van der Waals surface area (Å²) in [6.45, 7) is 3.28. The second-order valence-corrected chi connectivity index (χ2v) is 10.2. The summed E-state index contributed by atoms with van der Waals surface area (Å²) < 4.78 is 73.9. The van der Waals surface area contributed by atoms with E-state index in [1.807, 2.05) is 0 Å². The first kappa shape index (κ1) is 27.1. The number of carboxylic acid groups (broad SMARTS) is 1. The van der Waals surface area contributed by atoms with E-state index in [-0.39, 0.29) is 28.5 Å². The van der Waals surface area contributed by atoms with Gasteiger partial charge in [0.2, 0.25) is 0 Å². The number of carbonyl (C=O) groups is 1. The number of rotatable bonds is 10. The van der Waals surface area contributed by atoms with Crippen LogP contribution in [0, 0.1) is 0 Å². The molecule has 0 saturated heterocycles. The van der Waals surface area contributed by atoms with Crippen molar-refractivity contribution in [2.75, 3.05) is 10.9 Å². The van der Waals surface area contributed by atoms with Crippen molar-refractivity contribution in [2.45, 2.75) is 43.8 Å². The minimum atomic E-state index is -4.64. The van der Waals surface area contributed by atoms with Crippen LogP contribution in [0.2, 0.25) is 0 Å². The fourth-order valence-corrected chi connectivity index (χ4v) is 5.34. The molecule has 0 atom stereocenters. The summed E-state index contributed by atoms with van der Waals surface area (Å²) in [7, 11) is -4.08. The summed E-state index contributed by atoms with van der Waals surface area (Å²) >= 11 is 0. The van der Waals surface area contributed by atoms with Crippen LogP contribution in [0.3, 0.4) is 0 Å². The number of alkyl halides is 3. The van der Waals surface area contributed by atoms with E-state index in [4.69, 9.17) is 9.84 Å². The second kappa shape index (κ2) is 11.0. The third-order valence-electron chi connectivity index (χ3n) is 5.36. The number of hydrogen-bond donors (Lipinski definition) is 1. The SMILES string of the molecule is CC(C)N(c1ccc(C(F)(F)F)cc1OCCCc1ccc(C(=O)O)cc1)S(=O)(=O)c1ccccc1. The Morgan fingerprint density at radius 3 is 2.19 bits per heavy atom. The van der Waals surface area contributed by atoms with E-state index in [1.54, 1.807) is 44.2 Å². The summed E-state index contributed by atoms with van der Waals surface area (Å²) in [6.07, 6.45) is -3.73. The van der Waals surface area contributed by atoms with Crippen molar-refractivity contribution in [1.29, 1.82) is 0 Å². The maximum Gasteiger partial charge on any atom is 0.416 e. The van der Waals surface area contributed by atoms with E-state index in [9.17, 15) is 26.4 Å². The quantitative estimate of drug-likeness (QED) is 0.330. The summed E-state index contributed by atoms with van der Waals surface area (Å²) in [4.78, 5) is 11.0. The molecule has 0 saturated carbocycles. The summed E-state index contributed by atoms with van der Waals surface area (Å²) in [5.74, 6) is -1.23. The van der Waals surface area contributed by atoms with Crippen molar-refractivity contribution in [2.24, 2.45) is 0 Å². The fourth-order valence-electron chi connectivity index (χ4n) is 3.65. The predicted molar refractivity (Wildman–Crippen MR) is 130 cm³/mol. The molecule has 3 aromatic carbocycles. The number of benzene rings is 3. The van der Waals surface area contributed by atoms with E-state index in [0.717, 1.165) is 28.1 Å². The Labute approximate surface area is 208 Å². The number of halogens is 3. The molecular formula is C26H26F3NO5S. The van der Waals surface area contributed by atoms with Gasteiger partial charge in [0.15, 0.2) is 0 Å². The van der Waals surface area contributed by atoms with Gasteiger partial charge in [-0.25, -0.2) is 13.2 Å². The second-order valence-electron chi connectivity index (χ2n) is 8.34. The number of aryl methyl sites for hydroxylation is 1. The number of carboxylic acids is 1. The molecule has 0 radical (unpaired) electrons. The van der Waals surface area contributed by atoms with Crippen molar-refractivity contribution in [1.82, 2.24) is 0 Å². The minimum Gasteiger partial charge on any atom is -0.491 e. The van der Waals surface area contributed by atoms with Gasteiger partial charge in [0.25, 0.3) is 10.0 Å². The lowest BCUT2D eigenvalue weighted by Gasteiger charge is -2.30. The maximum atomic E-state index is 13.4. The van der Waals surface area contributed by atoms with Crippen molar-refractivity contribution >= 4 is 21.7 Å². The lowest BCUT2D eigenvalue weighted by molar-refractivity contribution is -0.137. The van der Waals surface area contributed by atoms with Crippen LogP contribution in [0.5, 0.6) is 5.75 Å². The first-order valence-electron chi connectivity index (χ1n) is 11.2. The van der Waals surface area contributed by atoms with Crippen molar-refractivity contribution in [3.63, 3.8) is 0 Å². The monoisotopic (exact) mass is 521 g/mol. The van der Waals surface area contributed by atoms with Gasteiger partial charge in [0, 0.05) is 6.04 Å². The van der Waals surface area contributed by atoms with Gasteiger partial charge < -0.3 is 9.84 Å². The molecular weight excluding hydrogens is 495 g/mol. The van der Waals surface area contributed by atoms with Gasteiger partial charge in [0.1, 0.15) is 5.75 Å². The van der Waals surface area contributed by atoms with Gasteiger partial charge in [0.05, 0.1) is 28.3 Å². The summed E-state index contributed by atoms with van der Waals surface area (Å²) in [5.41, 5.74) is 0.0410. The normalized spacial score (nSPS) is 11.9. The number of nitrogens with zero attached hydrogens (tertiary/aromatic N) is 1. The number of anilines is 1. The van der Waals surface area contributed by atoms with E-state index in [2.05, 4.69) is 0 Å². The number of aromatic carboxylic acids is 1. The highest BCUT2D eigenvalue weighted by atomic mass is 32.2. The molecule has 3 aromatic rings. The molecule has 36 heavy (non-hydrogen) atoms. The Balaban J connectivity index is 1.88. The topological polar surface area (TPSA) is 83.9 Å². The lowest BCUT2D eigenvalue weighted by atomic mass is 10.1. The van der Waals surface area contributed by atoms with Crippen molar-refractivity contribution < 1.29 is 36.2 Å². The first-order valence-corrected chi connectivity index (χ1v) is 12.6. The highest BCUT2D eigenvalue weighted by Crippen LogP contribution is 2.39. The molecule has 0 fully saturated rings. The Bertz CT molecular complexity index is 1290. The van der Waals surface area contributed by atoms with Crippen LogP contribution in [-0.4, -0.2) is 32.1 Å². The van der Waals surface area contributed by atoms with Crippen LogP contribution >= 0.6 is 0 Å². The van der Waals surface area contributed by atoms with Crippen LogP contribution in [0.4, 0.5) is 18.9 Å². The van der Waals surface area contributed by atoms with E-state index in [1.165, 1.54) is 24.3 Å². The van der Waals surface area contributed by atoms with E-state index >= 15 is 0 Å². The molecule has 10 heteroatoms. The fraction of sp³-hybridized carbons (Fsp3) is 0.269. The van der Waals surface area contributed by atoms with E-state index in [0.29, 0.717) is 12.8 Å². The zero-order valence-electron chi connectivity index (χ0n) is 19.7. The Kier molecular flexibility index (Phi) is 8.29. The largest absolute Gasteiger partial charge is 0.491 e. The Hall–Kier alpha value is -3.53. The van der Waals surface area contributed by atoms with Crippen molar-refractivity contribution in [3.05, 3.63) is 89.5 Å². The molecule has 0 bridgehead atoms. The molecule has 0 spiro atoms. The number of hydrogen-bond acceptors (Lipinski definition) is 4. The third-order valence-corrected chi connectivity index (χ3v) is 7.37. The summed E-state index contributed by atoms with van der Waals surface area (Å²) in [5, 5.41) is 8.99. The molecule has 192 valence electrons. The third kappa shape index (κ3) is 6.37. The van der Waals surface area contributed by atoms with Crippen LogP contribution in [0.15, 0.2) is 77.7 Å². The van der Waals surface area contributed by atoms with Crippen LogP contribution < -0.4 is 9.04 Å². The van der Waals surface area contributed by atoms with Gasteiger partial charge in [-0.2, -0.15) is 13.2 Å². The molecule has 3 rings (SSSR count). The average Bonchev–Trinajstić information content (AvgIpc) is 2.82. The van der Waals surface area contributed by atoms with Gasteiger partial charge in [-0.3, -0.25) is 4.31 Å². The Morgan fingerprint density at radius 2 is 1.64 bits per heavy atom. The first-order chi connectivity index (χ1) is 16.9. The van der Waals surface area contributed by atoms with Crippen LogP contribution in [0.25, 0.3) is 0 Å². The van der Waals surface area contributed by atoms with E-state index < -0.39 is 33.8 Å². The smallest absolute Gasteiger partial charge is 0.416 e. The standard InChI is InChI=1S/C26H26F3NO5S/c1-18(2)30(36(33,34)22-8-4-3-5-9-22)23-15-14-21(26(27,28)29)17-24(23)35-16-6-7-19-10-12-20(13-11-19)25(31)32/h3-5,8-15,17-18H,6-7,16H2,1-2H3,(H,31,32). The van der Waals surface area contributed by atoms with Crippen LogP contribution in [-0.2, 0) is 22.6 Å².